The van der Waals surface area contributed by atoms with Crippen molar-refractivity contribution in [1.29, 1.82) is 0 Å². The van der Waals surface area contributed by atoms with E-state index in [4.69, 9.17) is 5.73 Å². The number of amides is 1. The molecule has 25 heavy (non-hydrogen) atoms. The van der Waals surface area contributed by atoms with Gasteiger partial charge in [0.15, 0.2) is 0 Å². The van der Waals surface area contributed by atoms with Gasteiger partial charge in [-0.2, -0.15) is 0 Å². The summed E-state index contributed by atoms with van der Waals surface area (Å²) in [6, 6.07) is 11.5. The van der Waals surface area contributed by atoms with Crippen molar-refractivity contribution in [3.05, 3.63) is 53.7 Å². The molecule has 2 aromatic rings. The highest BCUT2D eigenvalue weighted by atomic mass is 16.1. The van der Waals surface area contributed by atoms with Crippen LogP contribution >= 0.6 is 0 Å². The number of nitrogen functional groups attached to an aromatic ring is 1. The van der Waals surface area contributed by atoms with Crippen molar-refractivity contribution in [3.8, 4) is 0 Å². The van der Waals surface area contributed by atoms with Crippen LogP contribution in [0.3, 0.4) is 0 Å². The number of carbonyl (C=O) groups excluding carboxylic acids is 1. The van der Waals surface area contributed by atoms with Gasteiger partial charge >= 0.3 is 0 Å². The molecule has 2 heterocycles. The summed E-state index contributed by atoms with van der Waals surface area (Å²) in [5.41, 5.74) is 8.18. The average Bonchev–Trinajstić information content (AvgIpc) is 2.64. The van der Waals surface area contributed by atoms with E-state index in [1.807, 2.05) is 36.4 Å². The summed E-state index contributed by atoms with van der Waals surface area (Å²) >= 11 is 0. The third-order valence-corrected chi connectivity index (χ3v) is 4.80. The Kier molecular flexibility index (Phi) is 5.53. The van der Waals surface area contributed by atoms with Gasteiger partial charge in [-0.15, -0.1) is 0 Å². The van der Waals surface area contributed by atoms with Gasteiger partial charge in [0.2, 0.25) is 0 Å². The van der Waals surface area contributed by atoms with E-state index in [0.717, 1.165) is 42.5 Å². The zero-order chi connectivity index (χ0) is 17.6. The minimum Gasteiger partial charge on any atom is -0.399 e. The molecule has 1 aromatic heterocycles. The molecule has 1 aliphatic heterocycles. The van der Waals surface area contributed by atoms with E-state index < -0.39 is 0 Å². The van der Waals surface area contributed by atoms with Crippen molar-refractivity contribution in [3.63, 3.8) is 0 Å². The third-order valence-electron chi connectivity index (χ3n) is 4.80. The minimum absolute atomic E-state index is 0.0817. The van der Waals surface area contributed by atoms with E-state index >= 15 is 0 Å². The molecule has 5 heteroatoms. The van der Waals surface area contributed by atoms with Crippen molar-refractivity contribution < 1.29 is 4.79 Å². The number of anilines is 2. The van der Waals surface area contributed by atoms with Crippen molar-refractivity contribution in [2.24, 2.45) is 5.92 Å². The number of nitrogens with two attached hydrogens (primary N) is 1. The van der Waals surface area contributed by atoms with Crippen LogP contribution in [-0.4, -0.2) is 30.5 Å². The molecule has 0 unspecified atom stereocenters. The smallest absolute Gasteiger partial charge is 0.252 e. The molecule has 0 aliphatic carbocycles. The standard InChI is InChI=1S/C20H26N4O/c1-15-9-12-24(13-10-15)19-7-4-17(14-23-19)20(25)22-11-8-16-2-5-18(21)6-3-16/h2-7,14-15H,8-13,21H2,1H3,(H,22,25). The molecule has 132 valence electrons. The first-order valence-electron chi connectivity index (χ1n) is 8.95. The highest BCUT2D eigenvalue weighted by Gasteiger charge is 2.17. The maximum atomic E-state index is 12.2. The van der Waals surface area contributed by atoms with Gasteiger partial charge < -0.3 is 16.0 Å². The number of carbonyl (C=O) groups is 1. The minimum atomic E-state index is -0.0817. The quantitative estimate of drug-likeness (QED) is 0.823. The molecule has 0 bridgehead atoms. The summed E-state index contributed by atoms with van der Waals surface area (Å²) in [7, 11) is 0. The Labute approximate surface area is 149 Å². The van der Waals surface area contributed by atoms with Crippen LogP contribution < -0.4 is 16.0 Å². The number of benzene rings is 1. The normalized spacial score (nSPS) is 15.2. The summed E-state index contributed by atoms with van der Waals surface area (Å²) in [5.74, 6) is 1.68. The molecule has 1 amide bonds. The van der Waals surface area contributed by atoms with Crippen LogP contribution in [0.15, 0.2) is 42.6 Å². The first-order chi connectivity index (χ1) is 12.1. The molecular formula is C20H26N4O. The number of hydrogen-bond donors (Lipinski definition) is 2. The average molecular weight is 338 g/mol. The molecule has 5 nitrogen and oxygen atoms in total. The Morgan fingerprint density at radius 3 is 2.56 bits per heavy atom. The molecule has 0 saturated carbocycles. The van der Waals surface area contributed by atoms with Gasteiger partial charge in [-0.1, -0.05) is 19.1 Å². The van der Waals surface area contributed by atoms with E-state index in [9.17, 15) is 4.79 Å². The lowest BCUT2D eigenvalue weighted by atomic mass is 9.99. The summed E-state index contributed by atoms with van der Waals surface area (Å²) in [6.07, 6.45) is 4.86. The Bertz CT molecular complexity index is 689. The van der Waals surface area contributed by atoms with E-state index in [1.165, 1.54) is 12.8 Å². The molecule has 1 aliphatic rings. The molecule has 0 atom stereocenters. The van der Waals surface area contributed by atoms with Crippen LogP contribution in [0.1, 0.15) is 35.7 Å². The number of aromatic nitrogens is 1. The molecule has 0 spiro atoms. The molecule has 3 rings (SSSR count). The summed E-state index contributed by atoms with van der Waals surface area (Å²) in [6.45, 7) is 4.97. The lowest BCUT2D eigenvalue weighted by Crippen LogP contribution is -2.33. The van der Waals surface area contributed by atoms with Gasteiger partial charge in [0.1, 0.15) is 5.82 Å². The van der Waals surface area contributed by atoms with Gasteiger partial charge in [-0.25, -0.2) is 4.98 Å². The summed E-state index contributed by atoms with van der Waals surface area (Å²) < 4.78 is 0. The molecular weight excluding hydrogens is 312 g/mol. The fourth-order valence-corrected chi connectivity index (χ4v) is 3.05. The van der Waals surface area contributed by atoms with Crippen LogP contribution in [0.5, 0.6) is 0 Å². The van der Waals surface area contributed by atoms with Crippen LogP contribution in [0.4, 0.5) is 11.5 Å². The number of hydrogen-bond acceptors (Lipinski definition) is 4. The highest BCUT2D eigenvalue weighted by Crippen LogP contribution is 2.21. The maximum absolute atomic E-state index is 12.2. The SMILES string of the molecule is CC1CCN(c2ccc(C(=O)NCCc3ccc(N)cc3)cn2)CC1. The Balaban J connectivity index is 1.49. The second-order valence-electron chi connectivity index (χ2n) is 6.82. The van der Waals surface area contributed by atoms with Crippen LogP contribution in [0.2, 0.25) is 0 Å². The fourth-order valence-electron chi connectivity index (χ4n) is 3.05. The first-order valence-corrected chi connectivity index (χ1v) is 8.95. The van der Waals surface area contributed by atoms with Crippen molar-refractivity contribution in [1.82, 2.24) is 10.3 Å². The fraction of sp³-hybridized carbons (Fsp3) is 0.400. The van der Waals surface area contributed by atoms with Crippen LogP contribution in [-0.2, 0) is 6.42 Å². The van der Waals surface area contributed by atoms with E-state index in [-0.39, 0.29) is 5.91 Å². The number of piperidine rings is 1. The van der Waals surface area contributed by atoms with Crippen LogP contribution in [0.25, 0.3) is 0 Å². The van der Waals surface area contributed by atoms with E-state index in [2.05, 4.69) is 22.1 Å². The lowest BCUT2D eigenvalue weighted by molar-refractivity contribution is 0.0954. The largest absolute Gasteiger partial charge is 0.399 e. The van der Waals surface area contributed by atoms with Gasteiger partial charge in [-0.3, -0.25) is 4.79 Å². The maximum Gasteiger partial charge on any atom is 0.252 e. The first kappa shape index (κ1) is 17.3. The topological polar surface area (TPSA) is 71.2 Å². The zero-order valence-electron chi connectivity index (χ0n) is 14.7. The number of nitrogens with zero attached hydrogens (tertiary/aromatic N) is 2. The predicted octanol–water partition coefficient (Wildman–Crippen LogP) is 2.87. The predicted molar refractivity (Wildman–Crippen MR) is 102 cm³/mol. The highest BCUT2D eigenvalue weighted by molar-refractivity contribution is 5.94. The number of nitrogens with one attached hydrogen (secondary N) is 1. The summed E-state index contributed by atoms with van der Waals surface area (Å²) in [5, 5.41) is 2.94. The van der Waals surface area contributed by atoms with Crippen molar-refractivity contribution >= 4 is 17.4 Å². The summed E-state index contributed by atoms with van der Waals surface area (Å²) in [4.78, 5) is 19.0. The van der Waals surface area contributed by atoms with Gasteiger partial charge in [0, 0.05) is 31.5 Å². The monoisotopic (exact) mass is 338 g/mol. The van der Waals surface area contributed by atoms with Crippen molar-refractivity contribution in [2.45, 2.75) is 26.2 Å². The van der Waals surface area contributed by atoms with E-state index in [1.54, 1.807) is 6.20 Å². The van der Waals surface area contributed by atoms with Gasteiger partial charge in [0.05, 0.1) is 5.56 Å². The lowest BCUT2D eigenvalue weighted by Gasteiger charge is -2.31. The molecule has 3 N–H and O–H groups in total. The molecule has 1 fully saturated rings. The van der Waals surface area contributed by atoms with E-state index in [0.29, 0.717) is 12.1 Å². The van der Waals surface area contributed by atoms with Gasteiger partial charge in [-0.05, 0) is 55.0 Å². The second kappa shape index (κ2) is 8.01. The second-order valence-corrected chi connectivity index (χ2v) is 6.82. The van der Waals surface area contributed by atoms with Gasteiger partial charge in [0.25, 0.3) is 5.91 Å². The molecule has 1 saturated heterocycles. The van der Waals surface area contributed by atoms with Crippen molar-refractivity contribution in [2.75, 3.05) is 30.3 Å². The Hall–Kier alpha value is -2.56. The molecule has 0 radical (unpaired) electrons. The number of rotatable bonds is 5. The Morgan fingerprint density at radius 1 is 1.20 bits per heavy atom. The zero-order valence-corrected chi connectivity index (χ0v) is 14.7. The number of pyridine rings is 1. The molecule has 1 aromatic carbocycles. The van der Waals surface area contributed by atoms with Crippen LogP contribution in [0, 0.1) is 5.92 Å². The third kappa shape index (κ3) is 4.72. The Morgan fingerprint density at radius 2 is 1.92 bits per heavy atom.